The van der Waals surface area contributed by atoms with Crippen LogP contribution < -0.4 is 0 Å². The Morgan fingerprint density at radius 1 is 0.500 bits per heavy atom. The summed E-state index contributed by atoms with van der Waals surface area (Å²) in [5.41, 5.74) is 0. The van der Waals surface area contributed by atoms with Crippen molar-refractivity contribution in [3.05, 3.63) is 0 Å². The van der Waals surface area contributed by atoms with Crippen molar-refractivity contribution in [2.75, 3.05) is 0 Å². The van der Waals surface area contributed by atoms with E-state index in [1.54, 1.807) is 0 Å². The minimum absolute atomic E-state index is 0. The van der Waals surface area contributed by atoms with Gasteiger partial charge in [-0.15, -0.1) is 0 Å². The van der Waals surface area contributed by atoms with E-state index in [-0.39, 0.29) is 57.9 Å². The Hall–Kier alpha value is 1.30. The molecule has 0 aliphatic rings. The molecular weight excluding hydrogens is 121 g/mol. The molecule has 0 bridgehead atoms. The molecule has 0 rings (SSSR count). The third-order valence-corrected chi connectivity index (χ3v) is 0. The van der Waals surface area contributed by atoms with E-state index in [9.17, 15) is 0 Å². The minimum atomic E-state index is 0. The molecule has 0 amide bonds. The molecule has 0 N–H and O–H groups in total. The second-order valence-electron chi connectivity index (χ2n) is 0. The molecule has 0 aromatic heterocycles. The van der Waals surface area contributed by atoms with Crippen molar-refractivity contribution in [3.63, 3.8) is 0 Å². The van der Waals surface area contributed by atoms with Gasteiger partial charge in [-0.05, 0) is 0 Å². The third-order valence-electron chi connectivity index (χ3n) is 0. The molecule has 0 saturated carbocycles. The SMILES string of the molecule is [BH4-].[BH4-].[BH4-].[Y+3]. The van der Waals surface area contributed by atoms with Crippen molar-refractivity contribution in [2.24, 2.45) is 0 Å². The fourth-order valence-corrected chi connectivity index (χ4v) is 0. The first-order valence-corrected chi connectivity index (χ1v) is 0. The molecule has 0 nitrogen and oxygen atoms in total. The van der Waals surface area contributed by atoms with Crippen LogP contribution in [-0.2, 0) is 32.7 Å². The molecule has 4 heteroatoms. The Kier molecular flexibility index (Phi) is 403. The molecule has 0 radical (unpaired) electrons. The van der Waals surface area contributed by atoms with Crippen LogP contribution in [0.1, 0.15) is 0 Å². The molecule has 0 aromatic carbocycles. The smallest absolute Gasteiger partial charge is 0.0626 e. The quantitative estimate of drug-likeness (QED) is 0.293. The van der Waals surface area contributed by atoms with E-state index in [4.69, 9.17) is 0 Å². The molecule has 0 atom stereocenters. The van der Waals surface area contributed by atoms with Crippen LogP contribution in [0.3, 0.4) is 0 Å². The summed E-state index contributed by atoms with van der Waals surface area (Å²) < 4.78 is 0. The first-order valence-electron chi connectivity index (χ1n) is 0. The van der Waals surface area contributed by atoms with E-state index in [1.807, 2.05) is 0 Å². The Balaban J connectivity index is 0. The summed E-state index contributed by atoms with van der Waals surface area (Å²) >= 11 is 0. The van der Waals surface area contributed by atoms with Gasteiger partial charge in [0.15, 0.2) is 0 Å². The summed E-state index contributed by atoms with van der Waals surface area (Å²) in [5.74, 6) is 0. The van der Waals surface area contributed by atoms with E-state index in [1.165, 1.54) is 0 Å². The molecular formula is H12B3Y. The molecule has 4 heavy (non-hydrogen) atoms. The van der Waals surface area contributed by atoms with Gasteiger partial charge in [-0.2, -0.15) is 0 Å². The molecule has 0 unspecified atom stereocenters. The molecule has 0 heterocycles. The van der Waals surface area contributed by atoms with Crippen molar-refractivity contribution in [1.82, 2.24) is 0 Å². The zero-order chi connectivity index (χ0) is 0. The summed E-state index contributed by atoms with van der Waals surface area (Å²) in [4.78, 5) is 0. The van der Waals surface area contributed by atoms with Crippen LogP contribution in [0.25, 0.3) is 0 Å². The van der Waals surface area contributed by atoms with Gasteiger partial charge in [-0.1, -0.05) is 25.2 Å². The van der Waals surface area contributed by atoms with Crippen LogP contribution in [-0.4, -0.2) is 25.2 Å². The van der Waals surface area contributed by atoms with Crippen LogP contribution in [0, 0.1) is 0 Å². The van der Waals surface area contributed by atoms with Crippen LogP contribution >= 0.6 is 0 Å². The Morgan fingerprint density at radius 3 is 0.500 bits per heavy atom. The monoisotopic (exact) mass is 134 g/mol. The zero-order valence-electron chi connectivity index (χ0n) is 0.577. The predicted molar refractivity (Wildman–Crippen MR) is 34.0 cm³/mol. The van der Waals surface area contributed by atoms with E-state index < -0.39 is 0 Å². The average Bonchev–Trinajstić information content (AvgIpc) is 0. The average molecular weight is 133 g/mol. The van der Waals surface area contributed by atoms with E-state index in [2.05, 4.69) is 0 Å². The molecule has 0 fully saturated rings. The van der Waals surface area contributed by atoms with E-state index in [0.717, 1.165) is 0 Å². The van der Waals surface area contributed by atoms with Gasteiger partial charge < -0.3 is 0 Å². The summed E-state index contributed by atoms with van der Waals surface area (Å²) in [6, 6.07) is 0. The molecule has 24 valence electrons. The maximum absolute atomic E-state index is 0. The van der Waals surface area contributed by atoms with Gasteiger partial charge in [0.05, 0.1) is 0 Å². The molecule has 0 aliphatic heterocycles. The van der Waals surface area contributed by atoms with E-state index in [0.29, 0.717) is 0 Å². The van der Waals surface area contributed by atoms with Gasteiger partial charge in [-0.3, -0.25) is 0 Å². The van der Waals surface area contributed by atoms with Crippen LogP contribution in [0.15, 0.2) is 0 Å². The van der Waals surface area contributed by atoms with Gasteiger partial charge in [0.25, 0.3) is 0 Å². The van der Waals surface area contributed by atoms with Gasteiger partial charge in [-0.25, -0.2) is 0 Å². The van der Waals surface area contributed by atoms with Crippen LogP contribution in [0.4, 0.5) is 0 Å². The Labute approximate surface area is 57.7 Å². The fraction of sp³-hybridized carbons (Fsp3) is 0. The number of hydrogen-bond acceptors (Lipinski definition) is 0. The van der Waals surface area contributed by atoms with Crippen molar-refractivity contribution >= 4 is 25.2 Å². The normalized spacial score (nSPS) is 0. The van der Waals surface area contributed by atoms with Crippen molar-refractivity contribution in [3.8, 4) is 0 Å². The van der Waals surface area contributed by atoms with Crippen LogP contribution in [0.2, 0.25) is 0 Å². The predicted octanol–water partition coefficient (Wildman–Crippen LogP) is -4.36. The molecule has 0 spiro atoms. The number of rotatable bonds is 0. The Morgan fingerprint density at radius 2 is 0.500 bits per heavy atom. The summed E-state index contributed by atoms with van der Waals surface area (Å²) in [7, 11) is 0. The Bertz CT molecular complexity index is 3.25. The maximum atomic E-state index is 0. The van der Waals surface area contributed by atoms with Crippen molar-refractivity contribution in [1.29, 1.82) is 0 Å². The standard InChI is InChI=1S/3BH4.Y/h3*1H4;/q3*-1;+3. The third kappa shape index (κ3) is 10.3. The first kappa shape index (κ1) is 58.1. The molecule has 0 aliphatic carbocycles. The van der Waals surface area contributed by atoms with Gasteiger partial charge in [0, 0.05) is 0 Å². The fourth-order valence-electron chi connectivity index (χ4n) is 0. The number of hydrogen-bond donors (Lipinski definition) is 0. The summed E-state index contributed by atoms with van der Waals surface area (Å²) in [5, 5.41) is 0. The van der Waals surface area contributed by atoms with E-state index >= 15 is 0 Å². The maximum Gasteiger partial charge on any atom is 3.00 e. The van der Waals surface area contributed by atoms with Gasteiger partial charge >= 0.3 is 32.7 Å². The van der Waals surface area contributed by atoms with Gasteiger partial charge in [0.2, 0.25) is 0 Å². The summed E-state index contributed by atoms with van der Waals surface area (Å²) in [6.07, 6.45) is 0. The van der Waals surface area contributed by atoms with Crippen LogP contribution in [0.5, 0.6) is 0 Å². The minimum Gasteiger partial charge on any atom is -0.0626 e. The molecule has 0 saturated heterocycles. The molecule has 0 aromatic rings. The zero-order valence-corrected chi connectivity index (χ0v) is 3.42. The summed E-state index contributed by atoms with van der Waals surface area (Å²) in [6.45, 7) is 0. The van der Waals surface area contributed by atoms with Gasteiger partial charge in [0.1, 0.15) is 0 Å². The second kappa shape index (κ2) is 27.7. The largest absolute Gasteiger partial charge is 3.00 e. The second-order valence-corrected chi connectivity index (χ2v) is 0. The van der Waals surface area contributed by atoms with Crippen molar-refractivity contribution in [2.45, 2.75) is 0 Å². The van der Waals surface area contributed by atoms with Crippen molar-refractivity contribution < 1.29 is 32.7 Å². The first-order chi connectivity index (χ1) is 0. The topological polar surface area (TPSA) is 0 Å².